The van der Waals surface area contributed by atoms with Gasteiger partial charge in [-0.3, -0.25) is 14.5 Å². The van der Waals surface area contributed by atoms with Gasteiger partial charge >= 0.3 is 0 Å². The molecule has 4 fully saturated rings. The average Bonchev–Trinajstić information content (AvgIpc) is 2.97. The number of nitrogens with two attached hydrogens (primary N) is 1. The lowest BCUT2D eigenvalue weighted by Gasteiger charge is -2.56. The first kappa shape index (κ1) is 20.4. The van der Waals surface area contributed by atoms with Crippen LogP contribution in [0.2, 0.25) is 0 Å². The number of hydrogen-bond acceptors (Lipinski definition) is 4. The molecule has 158 valence electrons. The third-order valence-corrected chi connectivity index (χ3v) is 7.18. The minimum absolute atomic E-state index is 0.0410. The number of benzene rings is 1. The van der Waals surface area contributed by atoms with E-state index in [4.69, 9.17) is 5.73 Å². The van der Waals surface area contributed by atoms with Crippen molar-refractivity contribution in [1.82, 2.24) is 15.5 Å². The van der Waals surface area contributed by atoms with Crippen LogP contribution in [0.3, 0.4) is 0 Å². The summed E-state index contributed by atoms with van der Waals surface area (Å²) in [6.07, 6.45) is 1.95. The van der Waals surface area contributed by atoms with Crippen molar-refractivity contribution in [3.8, 4) is 0 Å². The summed E-state index contributed by atoms with van der Waals surface area (Å²) >= 11 is 0. The molecule has 0 unspecified atom stereocenters. The Labute approximate surface area is 173 Å². The van der Waals surface area contributed by atoms with Crippen LogP contribution in [0, 0.1) is 23.7 Å². The Bertz CT molecular complexity index is 753. The number of fused-ring (bicyclic) bond motifs is 1. The lowest BCUT2D eigenvalue weighted by atomic mass is 9.58. The normalized spacial score (nSPS) is 33.2. The van der Waals surface area contributed by atoms with Crippen molar-refractivity contribution in [3.05, 3.63) is 35.9 Å². The number of nitrogens with zero attached hydrogens (tertiary/aromatic N) is 1. The Balaban J connectivity index is 1.63. The molecule has 3 heterocycles. The van der Waals surface area contributed by atoms with E-state index in [1.54, 1.807) is 0 Å². The molecule has 3 aliphatic heterocycles. The summed E-state index contributed by atoms with van der Waals surface area (Å²) in [6, 6.07) is 11.0. The molecular formula is C23H34N4O2. The molecule has 5 rings (SSSR count). The topological polar surface area (TPSA) is 87.5 Å². The van der Waals surface area contributed by atoms with Crippen LogP contribution >= 0.6 is 0 Å². The number of primary amides is 1. The molecule has 2 amide bonds. The Hall–Kier alpha value is -1.92. The Morgan fingerprint density at radius 2 is 2.07 bits per heavy atom. The Morgan fingerprint density at radius 1 is 1.31 bits per heavy atom. The second kappa shape index (κ2) is 8.07. The van der Waals surface area contributed by atoms with Gasteiger partial charge in [-0.15, -0.1) is 0 Å². The monoisotopic (exact) mass is 398 g/mol. The van der Waals surface area contributed by atoms with Gasteiger partial charge in [0.05, 0.1) is 0 Å². The lowest BCUT2D eigenvalue weighted by molar-refractivity contribution is -0.138. The highest BCUT2D eigenvalue weighted by atomic mass is 16.2. The third kappa shape index (κ3) is 3.80. The largest absolute Gasteiger partial charge is 0.370 e. The van der Waals surface area contributed by atoms with E-state index >= 15 is 0 Å². The summed E-state index contributed by atoms with van der Waals surface area (Å²) in [5.74, 6) is 1.66. The van der Waals surface area contributed by atoms with E-state index in [9.17, 15) is 9.59 Å². The predicted molar refractivity (Wildman–Crippen MR) is 113 cm³/mol. The van der Waals surface area contributed by atoms with Crippen molar-refractivity contribution < 1.29 is 9.59 Å². The van der Waals surface area contributed by atoms with Crippen LogP contribution in [0.25, 0.3) is 0 Å². The number of carbonyl (C=O) groups is 2. The highest BCUT2D eigenvalue weighted by Crippen LogP contribution is 2.52. The molecule has 1 aromatic carbocycles. The molecule has 5 atom stereocenters. The van der Waals surface area contributed by atoms with Crippen molar-refractivity contribution >= 4 is 11.8 Å². The van der Waals surface area contributed by atoms with Crippen molar-refractivity contribution in [2.24, 2.45) is 29.4 Å². The van der Waals surface area contributed by atoms with Crippen LogP contribution < -0.4 is 16.4 Å². The molecule has 1 saturated carbocycles. The first-order valence-electron chi connectivity index (χ1n) is 11.0. The molecule has 4 aliphatic rings. The van der Waals surface area contributed by atoms with E-state index in [0.717, 1.165) is 32.5 Å². The summed E-state index contributed by atoms with van der Waals surface area (Å²) < 4.78 is 0. The maximum absolute atomic E-state index is 13.5. The van der Waals surface area contributed by atoms with Gasteiger partial charge in [0.1, 0.15) is 5.54 Å². The first-order valence-corrected chi connectivity index (χ1v) is 11.0. The fraction of sp³-hybridized carbons (Fsp3) is 0.652. The van der Waals surface area contributed by atoms with Crippen LogP contribution in [-0.4, -0.2) is 54.5 Å². The fourth-order valence-electron chi connectivity index (χ4n) is 6.15. The standard InChI is InChI=1S/C23H34N4O2/c1-15(2)13-27-14-17-11-23(22(29)25-9-8-20(24)28)19(21(27)18(17)12-26-23)10-16-6-4-3-5-7-16/h3-7,15,17-19,21,26H,8-14H2,1-2H3,(H2,24,28)(H,25,29)/t17-,18-,19+,21-,23+/m1/s1. The lowest BCUT2D eigenvalue weighted by Crippen LogP contribution is -2.74. The van der Waals surface area contributed by atoms with Gasteiger partial charge in [-0.2, -0.15) is 0 Å². The van der Waals surface area contributed by atoms with Gasteiger partial charge < -0.3 is 16.4 Å². The number of hydrogen-bond donors (Lipinski definition) is 3. The van der Waals surface area contributed by atoms with E-state index in [0.29, 0.717) is 30.3 Å². The van der Waals surface area contributed by atoms with Crippen LogP contribution in [0.4, 0.5) is 0 Å². The first-order chi connectivity index (χ1) is 13.9. The summed E-state index contributed by atoms with van der Waals surface area (Å²) in [6.45, 7) is 7.94. The van der Waals surface area contributed by atoms with Gasteiger partial charge in [0, 0.05) is 44.6 Å². The number of likely N-dealkylation sites (tertiary alicyclic amines) is 1. The number of piperidine rings is 2. The zero-order chi connectivity index (χ0) is 20.6. The van der Waals surface area contributed by atoms with E-state index in [1.165, 1.54) is 5.56 Å². The molecule has 0 radical (unpaired) electrons. The minimum Gasteiger partial charge on any atom is -0.370 e. The van der Waals surface area contributed by atoms with Gasteiger partial charge in [0.25, 0.3) is 0 Å². The number of nitrogens with one attached hydrogen (secondary N) is 2. The summed E-state index contributed by atoms with van der Waals surface area (Å²) in [5.41, 5.74) is 5.98. The average molecular weight is 399 g/mol. The second-order valence-electron chi connectivity index (χ2n) is 9.59. The maximum Gasteiger partial charge on any atom is 0.240 e. The number of amides is 2. The molecule has 6 nitrogen and oxygen atoms in total. The van der Waals surface area contributed by atoms with Gasteiger partial charge in [0.2, 0.25) is 11.8 Å². The SMILES string of the molecule is CC(C)CN1C[C@H]2C[C@]3(C(=O)NCCC(N)=O)NC[C@H]2[C@@H]1[C@@H]3Cc1ccccc1. The van der Waals surface area contributed by atoms with E-state index in [2.05, 4.69) is 53.6 Å². The molecule has 4 N–H and O–H groups in total. The van der Waals surface area contributed by atoms with Crippen molar-refractivity contribution in [2.45, 2.75) is 44.7 Å². The van der Waals surface area contributed by atoms with Crippen molar-refractivity contribution in [3.63, 3.8) is 0 Å². The Morgan fingerprint density at radius 3 is 2.76 bits per heavy atom. The minimum atomic E-state index is -0.566. The van der Waals surface area contributed by atoms with Crippen LogP contribution in [0.15, 0.2) is 30.3 Å². The van der Waals surface area contributed by atoms with Crippen LogP contribution in [-0.2, 0) is 16.0 Å². The van der Waals surface area contributed by atoms with Crippen molar-refractivity contribution in [1.29, 1.82) is 0 Å². The zero-order valence-electron chi connectivity index (χ0n) is 17.6. The Kier molecular flexibility index (Phi) is 5.67. The quantitative estimate of drug-likeness (QED) is 0.613. The van der Waals surface area contributed by atoms with E-state index in [1.807, 2.05) is 6.07 Å². The maximum atomic E-state index is 13.5. The summed E-state index contributed by atoms with van der Waals surface area (Å²) in [4.78, 5) is 27.2. The van der Waals surface area contributed by atoms with Gasteiger partial charge in [-0.1, -0.05) is 44.2 Å². The second-order valence-corrected chi connectivity index (χ2v) is 9.59. The van der Waals surface area contributed by atoms with Crippen molar-refractivity contribution in [2.75, 3.05) is 26.2 Å². The molecule has 3 saturated heterocycles. The van der Waals surface area contributed by atoms with Gasteiger partial charge in [0.15, 0.2) is 0 Å². The van der Waals surface area contributed by atoms with Gasteiger partial charge in [-0.05, 0) is 36.2 Å². The van der Waals surface area contributed by atoms with E-state index in [-0.39, 0.29) is 24.2 Å². The zero-order valence-corrected chi connectivity index (χ0v) is 17.6. The van der Waals surface area contributed by atoms with E-state index < -0.39 is 5.54 Å². The molecule has 0 spiro atoms. The summed E-state index contributed by atoms with van der Waals surface area (Å²) in [5, 5.41) is 6.68. The van der Waals surface area contributed by atoms with Crippen LogP contribution in [0.5, 0.6) is 0 Å². The molecule has 1 aromatic rings. The van der Waals surface area contributed by atoms with Crippen LogP contribution in [0.1, 0.15) is 32.3 Å². The molecule has 4 bridgehead atoms. The summed E-state index contributed by atoms with van der Waals surface area (Å²) in [7, 11) is 0. The fourth-order valence-corrected chi connectivity index (χ4v) is 6.15. The molecule has 29 heavy (non-hydrogen) atoms. The smallest absolute Gasteiger partial charge is 0.240 e. The third-order valence-electron chi connectivity index (χ3n) is 7.18. The molecule has 1 aliphatic carbocycles. The number of carbonyl (C=O) groups excluding carboxylic acids is 2. The highest BCUT2D eigenvalue weighted by Gasteiger charge is 2.64. The highest BCUT2D eigenvalue weighted by molar-refractivity contribution is 5.88. The van der Waals surface area contributed by atoms with Gasteiger partial charge in [-0.25, -0.2) is 0 Å². The molecule has 0 aromatic heterocycles. The molecular weight excluding hydrogens is 364 g/mol. The molecule has 6 heteroatoms. The predicted octanol–water partition coefficient (Wildman–Crippen LogP) is 1.16. The number of rotatable bonds is 8.